The van der Waals surface area contributed by atoms with Crippen molar-refractivity contribution in [1.29, 1.82) is 0 Å². The summed E-state index contributed by atoms with van der Waals surface area (Å²) in [6.45, 7) is 3.73. The van der Waals surface area contributed by atoms with Gasteiger partial charge in [0.05, 0.1) is 18.4 Å². The fourth-order valence-corrected chi connectivity index (χ4v) is 4.29. The van der Waals surface area contributed by atoms with Crippen LogP contribution in [0.15, 0.2) is 5.16 Å². The minimum Gasteiger partial charge on any atom is -0.376 e. The molecule has 1 atom stereocenters. The van der Waals surface area contributed by atoms with E-state index in [1.807, 2.05) is 0 Å². The number of rotatable bonds is 7. The van der Waals surface area contributed by atoms with Gasteiger partial charge in [0.2, 0.25) is 5.91 Å². The number of nitrogens with one attached hydrogen (secondary N) is 1. The maximum absolute atomic E-state index is 12.2. The van der Waals surface area contributed by atoms with Gasteiger partial charge in [-0.1, -0.05) is 37.9 Å². The van der Waals surface area contributed by atoms with Gasteiger partial charge >= 0.3 is 0 Å². The molecule has 24 heavy (non-hydrogen) atoms. The van der Waals surface area contributed by atoms with Gasteiger partial charge in [-0.25, -0.2) is 0 Å². The average Bonchev–Trinajstić information content (AvgIpc) is 3.24. The molecule has 0 aromatic carbocycles. The van der Waals surface area contributed by atoms with Crippen molar-refractivity contribution < 1.29 is 9.53 Å². The van der Waals surface area contributed by atoms with Crippen LogP contribution in [0.1, 0.15) is 57.7 Å². The van der Waals surface area contributed by atoms with Gasteiger partial charge in [0.1, 0.15) is 5.82 Å². The third kappa shape index (κ3) is 4.72. The largest absolute Gasteiger partial charge is 0.376 e. The summed E-state index contributed by atoms with van der Waals surface area (Å²) >= 11 is 1.49. The second kappa shape index (κ2) is 8.85. The van der Waals surface area contributed by atoms with Crippen LogP contribution < -0.4 is 5.32 Å². The third-order valence-corrected chi connectivity index (χ3v) is 5.79. The van der Waals surface area contributed by atoms with Crippen molar-refractivity contribution in [1.82, 2.24) is 20.1 Å². The number of amides is 1. The predicted molar refractivity (Wildman–Crippen MR) is 94.1 cm³/mol. The van der Waals surface area contributed by atoms with Crippen LogP contribution in [-0.4, -0.2) is 45.2 Å². The van der Waals surface area contributed by atoms with E-state index in [0.717, 1.165) is 56.2 Å². The summed E-state index contributed by atoms with van der Waals surface area (Å²) in [5.41, 5.74) is 0. The van der Waals surface area contributed by atoms with Gasteiger partial charge in [0.25, 0.3) is 0 Å². The Hall–Kier alpha value is -1.08. The Labute approximate surface area is 148 Å². The van der Waals surface area contributed by atoms with Crippen LogP contribution in [0.4, 0.5) is 0 Å². The van der Waals surface area contributed by atoms with Crippen LogP contribution in [0, 0.1) is 0 Å². The first kappa shape index (κ1) is 17.7. The van der Waals surface area contributed by atoms with Gasteiger partial charge in [-0.15, -0.1) is 10.2 Å². The second-order valence-electron chi connectivity index (χ2n) is 6.69. The van der Waals surface area contributed by atoms with E-state index in [4.69, 9.17) is 4.74 Å². The van der Waals surface area contributed by atoms with Crippen LogP contribution in [0.3, 0.4) is 0 Å². The fraction of sp³-hybridized carbons (Fsp3) is 0.824. The number of hydrogen-bond donors (Lipinski definition) is 1. The van der Waals surface area contributed by atoms with E-state index < -0.39 is 0 Å². The standard InChI is InChI=1S/C17H28N4O2S/c1-2-15-19-20-17(21(15)11-14-9-6-10-23-14)24-12-16(22)18-13-7-4-3-5-8-13/h13-14H,2-12H2,1H3,(H,18,22). The highest BCUT2D eigenvalue weighted by Crippen LogP contribution is 2.22. The molecule has 0 radical (unpaired) electrons. The van der Waals surface area contributed by atoms with Crippen LogP contribution in [0.25, 0.3) is 0 Å². The molecule has 6 nitrogen and oxygen atoms in total. The molecule has 3 rings (SSSR count). The zero-order valence-electron chi connectivity index (χ0n) is 14.5. The van der Waals surface area contributed by atoms with Crippen LogP contribution in [0.2, 0.25) is 0 Å². The average molecular weight is 353 g/mol. The first-order valence-electron chi connectivity index (χ1n) is 9.22. The number of ether oxygens (including phenoxy) is 1. The summed E-state index contributed by atoms with van der Waals surface area (Å²) in [5.74, 6) is 1.49. The topological polar surface area (TPSA) is 69.0 Å². The van der Waals surface area contributed by atoms with E-state index in [-0.39, 0.29) is 12.0 Å². The molecule has 1 aromatic heterocycles. The highest BCUT2D eigenvalue weighted by Gasteiger charge is 2.21. The van der Waals surface area contributed by atoms with E-state index >= 15 is 0 Å². The summed E-state index contributed by atoms with van der Waals surface area (Å²) in [6.07, 6.45) is 9.30. The number of carbonyl (C=O) groups is 1. The van der Waals surface area contributed by atoms with Crippen molar-refractivity contribution in [2.24, 2.45) is 0 Å². The minimum absolute atomic E-state index is 0.108. The quantitative estimate of drug-likeness (QED) is 0.764. The van der Waals surface area contributed by atoms with Crippen molar-refractivity contribution in [2.45, 2.75) is 82.1 Å². The Morgan fingerprint density at radius 1 is 1.25 bits per heavy atom. The molecular weight excluding hydrogens is 324 g/mol. The number of thioether (sulfide) groups is 1. The second-order valence-corrected chi connectivity index (χ2v) is 7.63. The van der Waals surface area contributed by atoms with Gasteiger partial charge in [0.15, 0.2) is 5.16 Å². The Kier molecular flexibility index (Phi) is 6.54. The van der Waals surface area contributed by atoms with E-state index in [0.29, 0.717) is 11.8 Å². The molecule has 2 fully saturated rings. The Balaban J connectivity index is 1.53. The lowest BCUT2D eigenvalue weighted by Gasteiger charge is -2.22. The van der Waals surface area contributed by atoms with Gasteiger partial charge in [-0.05, 0) is 25.7 Å². The molecule has 1 aliphatic carbocycles. The molecule has 1 unspecified atom stereocenters. The number of hydrogen-bond acceptors (Lipinski definition) is 5. The number of nitrogens with zero attached hydrogens (tertiary/aromatic N) is 3. The van der Waals surface area contributed by atoms with Gasteiger partial charge in [-0.3, -0.25) is 4.79 Å². The molecule has 1 aromatic rings. The number of aryl methyl sites for hydroxylation is 1. The highest BCUT2D eigenvalue weighted by molar-refractivity contribution is 7.99. The Morgan fingerprint density at radius 2 is 2.08 bits per heavy atom. The highest BCUT2D eigenvalue weighted by atomic mass is 32.2. The van der Waals surface area contributed by atoms with Crippen molar-refractivity contribution in [2.75, 3.05) is 12.4 Å². The zero-order chi connectivity index (χ0) is 16.8. The SMILES string of the molecule is CCc1nnc(SCC(=O)NC2CCCCC2)n1CC1CCCO1. The molecule has 2 aliphatic rings. The van der Waals surface area contributed by atoms with E-state index in [9.17, 15) is 4.79 Å². The summed E-state index contributed by atoms with van der Waals surface area (Å²) in [5, 5.41) is 12.6. The lowest BCUT2D eigenvalue weighted by Crippen LogP contribution is -2.37. The normalized spacial score (nSPS) is 22.0. The lowest BCUT2D eigenvalue weighted by molar-refractivity contribution is -0.119. The molecule has 2 heterocycles. The zero-order valence-corrected chi connectivity index (χ0v) is 15.3. The summed E-state index contributed by atoms with van der Waals surface area (Å²) in [7, 11) is 0. The maximum Gasteiger partial charge on any atom is 0.230 e. The van der Waals surface area contributed by atoms with Crippen LogP contribution in [0.5, 0.6) is 0 Å². The number of aromatic nitrogens is 3. The Morgan fingerprint density at radius 3 is 2.79 bits per heavy atom. The molecule has 0 bridgehead atoms. The van der Waals surface area contributed by atoms with Crippen LogP contribution >= 0.6 is 11.8 Å². The summed E-state index contributed by atoms with van der Waals surface area (Å²) < 4.78 is 7.88. The van der Waals surface area contributed by atoms with E-state index in [1.165, 1.54) is 31.0 Å². The van der Waals surface area contributed by atoms with Crippen molar-refractivity contribution >= 4 is 17.7 Å². The lowest BCUT2D eigenvalue weighted by atomic mass is 9.95. The van der Waals surface area contributed by atoms with Gasteiger partial charge in [-0.2, -0.15) is 0 Å². The molecular formula is C17H28N4O2S. The first-order valence-corrected chi connectivity index (χ1v) is 10.2. The van der Waals surface area contributed by atoms with Crippen LogP contribution in [-0.2, 0) is 22.5 Å². The summed E-state index contributed by atoms with van der Waals surface area (Å²) in [6, 6.07) is 0.364. The summed E-state index contributed by atoms with van der Waals surface area (Å²) in [4.78, 5) is 12.2. The molecule has 0 spiro atoms. The molecule has 1 amide bonds. The van der Waals surface area contributed by atoms with E-state index in [1.54, 1.807) is 0 Å². The fourth-order valence-electron chi connectivity index (χ4n) is 3.51. The number of carbonyl (C=O) groups excluding carboxylic acids is 1. The molecule has 7 heteroatoms. The van der Waals surface area contributed by atoms with Gasteiger partial charge in [0, 0.05) is 19.1 Å². The van der Waals surface area contributed by atoms with Crippen molar-refractivity contribution in [3.05, 3.63) is 5.82 Å². The molecule has 1 saturated carbocycles. The van der Waals surface area contributed by atoms with E-state index in [2.05, 4.69) is 27.0 Å². The third-order valence-electron chi connectivity index (χ3n) is 4.82. The first-order chi connectivity index (χ1) is 11.8. The minimum atomic E-state index is 0.108. The molecule has 1 saturated heterocycles. The molecule has 134 valence electrons. The molecule has 1 aliphatic heterocycles. The van der Waals surface area contributed by atoms with Crippen molar-refractivity contribution in [3.63, 3.8) is 0 Å². The predicted octanol–water partition coefficient (Wildman–Crippen LogP) is 2.56. The Bertz CT molecular complexity index is 537. The van der Waals surface area contributed by atoms with Gasteiger partial charge < -0.3 is 14.6 Å². The monoisotopic (exact) mass is 352 g/mol. The van der Waals surface area contributed by atoms with Crippen molar-refractivity contribution in [3.8, 4) is 0 Å². The molecule has 1 N–H and O–H groups in total. The smallest absolute Gasteiger partial charge is 0.230 e. The maximum atomic E-state index is 12.2.